The normalized spacial score (nSPS) is 24.2. The maximum Gasteiger partial charge on any atom is 0.0702 e. The summed E-state index contributed by atoms with van der Waals surface area (Å²) in [5, 5.41) is 7.52. The van der Waals surface area contributed by atoms with Gasteiger partial charge >= 0.3 is 0 Å². The molecular formula is C39H46N4O4S2. The number of rotatable bonds is 8. The summed E-state index contributed by atoms with van der Waals surface area (Å²) in [5.74, 6) is 12.1. The van der Waals surface area contributed by atoms with Crippen molar-refractivity contribution in [2.24, 2.45) is 23.6 Å². The first-order chi connectivity index (χ1) is 23.5. The predicted molar refractivity (Wildman–Crippen MR) is 199 cm³/mol. The highest BCUT2D eigenvalue weighted by Crippen LogP contribution is 2.53. The van der Waals surface area contributed by atoms with E-state index >= 15 is 0 Å². The minimum atomic E-state index is 0. The molecule has 0 saturated heterocycles. The molecule has 4 aromatic carbocycles. The summed E-state index contributed by atoms with van der Waals surface area (Å²) >= 11 is 2.28. The van der Waals surface area contributed by atoms with Gasteiger partial charge in [0.15, 0.2) is 0 Å². The summed E-state index contributed by atoms with van der Waals surface area (Å²) in [7, 11) is 0. The van der Waals surface area contributed by atoms with Gasteiger partial charge in [0.2, 0.25) is 0 Å². The highest BCUT2D eigenvalue weighted by atomic mass is 32.2. The number of fused-ring (bicyclic) bond motifs is 6. The fraction of sp³-hybridized carbons (Fsp3) is 0.333. The van der Waals surface area contributed by atoms with E-state index in [9.17, 15) is 0 Å². The fourth-order valence-corrected chi connectivity index (χ4v) is 8.86. The van der Waals surface area contributed by atoms with Gasteiger partial charge in [0.25, 0.3) is 0 Å². The topological polar surface area (TPSA) is 113 Å². The lowest BCUT2D eigenvalue weighted by atomic mass is 9.77. The molecule has 258 valence electrons. The average Bonchev–Trinajstić information content (AvgIpc) is 3.82. The van der Waals surface area contributed by atoms with E-state index in [0.29, 0.717) is 35.8 Å². The highest BCUT2D eigenvalue weighted by molar-refractivity contribution is 7.94. The molecular weight excluding hydrogens is 653 g/mol. The van der Waals surface area contributed by atoms with Crippen molar-refractivity contribution in [2.45, 2.75) is 80.7 Å². The largest absolute Gasteiger partial charge is 0.378 e. The van der Waals surface area contributed by atoms with Crippen LogP contribution in [0.1, 0.15) is 90.4 Å². The molecule has 6 atom stereocenters. The number of benzene rings is 4. The second-order valence-electron chi connectivity index (χ2n) is 13.1. The second-order valence-corrected chi connectivity index (χ2v) is 14.7. The lowest BCUT2D eigenvalue weighted by Gasteiger charge is -2.38. The maximum absolute atomic E-state index is 4.94. The summed E-state index contributed by atoms with van der Waals surface area (Å²) in [5.41, 5.74) is 10.5. The first-order valence-corrected chi connectivity index (χ1v) is 18.0. The van der Waals surface area contributed by atoms with Crippen LogP contribution in [-0.2, 0) is 18.6 Å². The van der Waals surface area contributed by atoms with Gasteiger partial charge in [0.05, 0.1) is 36.2 Å². The summed E-state index contributed by atoms with van der Waals surface area (Å²) in [4.78, 5) is 10.4. The Bertz CT molecular complexity index is 1690. The molecule has 0 radical (unpaired) electrons. The summed E-state index contributed by atoms with van der Waals surface area (Å²) in [6.07, 6.45) is 9.54. The number of aryl methyl sites for hydroxylation is 2. The third-order valence-electron chi connectivity index (χ3n) is 10.3. The Morgan fingerprint density at radius 3 is 1.76 bits per heavy atom. The van der Waals surface area contributed by atoms with Gasteiger partial charge in [0.1, 0.15) is 0 Å². The van der Waals surface area contributed by atoms with E-state index in [4.69, 9.17) is 20.5 Å². The summed E-state index contributed by atoms with van der Waals surface area (Å²) in [6.45, 7) is 4.26. The zero-order chi connectivity index (χ0) is 33.0. The molecule has 0 bridgehead atoms. The molecule has 6 N–H and O–H groups in total. The van der Waals surface area contributed by atoms with Crippen LogP contribution >= 0.6 is 24.1 Å². The zero-order valence-corrected chi connectivity index (χ0v) is 28.8. The van der Waals surface area contributed by atoms with E-state index in [1.165, 1.54) is 64.0 Å². The van der Waals surface area contributed by atoms with E-state index in [2.05, 4.69) is 119 Å². The van der Waals surface area contributed by atoms with Crippen LogP contribution in [0.5, 0.6) is 0 Å². The van der Waals surface area contributed by atoms with E-state index in [1.807, 2.05) is 12.1 Å². The van der Waals surface area contributed by atoms with Crippen LogP contribution in [0.25, 0.3) is 0 Å². The molecule has 8 nitrogen and oxygen atoms in total. The quantitative estimate of drug-likeness (QED) is 0.0614. The van der Waals surface area contributed by atoms with E-state index in [0.717, 1.165) is 40.3 Å². The lowest BCUT2D eigenvalue weighted by molar-refractivity contribution is -0.195. The number of allylic oxidation sites excluding steroid dienone is 2. The van der Waals surface area contributed by atoms with E-state index in [-0.39, 0.29) is 7.43 Å². The van der Waals surface area contributed by atoms with Crippen LogP contribution in [0.15, 0.2) is 107 Å². The van der Waals surface area contributed by atoms with Crippen LogP contribution in [0.3, 0.4) is 0 Å². The van der Waals surface area contributed by atoms with Crippen LogP contribution in [0.2, 0.25) is 0 Å². The molecule has 8 rings (SSSR count). The Morgan fingerprint density at radius 2 is 1.18 bits per heavy atom. The molecule has 2 aliphatic heterocycles. The molecule has 1 fully saturated rings. The number of nitrogens with two attached hydrogens (primary N) is 2. The van der Waals surface area contributed by atoms with Crippen molar-refractivity contribution in [1.29, 1.82) is 0 Å². The van der Waals surface area contributed by atoms with Gasteiger partial charge in [0, 0.05) is 27.1 Å². The highest BCUT2D eigenvalue weighted by Gasteiger charge is 2.40. The number of nitrogens with one attached hydrogen (secondary N) is 2. The van der Waals surface area contributed by atoms with Crippen molar-refractivity contribution in [1.82, 2.24) is 0 Å². The molecule has 2 heterocycles. The van der Waals surface area contributed by atoms with Crippen molar-refractivity contribution in [3.05, 3.63) is 130 Å². The molecule has 0 amide bonds. The Labute approximate surface area is 298 Å². The average molecular weight is 699 g/mol. The minimum Gasteiger partial charge on any atom is -0.378 e. The molecule has 1 saturated carbocycles. The first kappa shape index (κ1) is 35.5. The zero-order valence-electron chi connectivity index (χ0n) is 27.1. The number of hydrogen-bond acceptors (Lipinski definition) is 10. The van der Waals surface area contributed by atoms with Crippen molar-refractivity contribution in [3.63, 3.8) is 0 Å². The fourth-order valence-electron chi connectivity index (χ4n) is 8.03. The monoisotopic (exact) mass is 698 g/mol. The van der Waals surface area contributed by atoms with Crippen LogP contribution in [0, 0.1) is 25.7 Å². The van der Waals surface area contributed by atoms with Gasteiger partial charge in [-0.15, -0.1) is 18.6 Å². The molecule has 49 heavy (non-hydrogen) atoms. The second kappa shape index (κ2) is 16.1. The predicted octanol–water partition coefficient (Wildman–Crippen LogP) is 10.2. The molecule has 10 heteroatoms. The van der Waals surface area contributed by atoms with Crippen LogP contribution < -0.4 is 22.4 Å². The van der Waals surface area contributed by atoms with Crippen molar-refractivity contribution in [3.8, 4) is 0 Å². The van der Waals surface area contributed by atoms with Gasteiger partial charge < -0.3 is 10.6 Å². The minimum absolute atomic E-state index is 0. The van der Waals surface area contributed by atoms with Crippen molar-refractivity contribution >= 4 is 35.5 Å². The molecule has 0 unspecified atom stereocenters. The van der Waals surface area contributed by atoms with Gasteiger partial charge in [-0.2, -0.15) is 11.8 Å². The SMILES string of the molecule is C.Cc1ccc([C@@H]2Nc3ccc(SOON)cc3[C@@H]3C=CC[C@@H]32)cc1.Cc1ccc([C@@H]2Nc3ccc(SOON)cc3[C@@H]3CCC[C@@H]32)cc1. The first-order valence-electron chi connectivity index (χ1n) is 16.5. The van der Waals surface area contributed by atoms with Crippen LogP contribution in [0.4, 0.5) is 11.4 Å². The lowest BCUT2D eigenvalue weighted by Crippen LogP contribution is -2.29. The Morgan fingerprint density at radius 1 is 0.653 bits per heavy atom. The Hall–Kier alpha value is -3.32. The third-order valence-corrected chi connectivity index (χ3v) is 11.5. The van der Waals surface area contributed by atoms with E-state index < -0.39 is 0 Å². The van der Waals surface area contributed by atoms with Gasteiger partial charge in [-0.05, 0) is 110 Å². The number of anilines is 2. The molecule has 4 aromatic rings. The summed E-state index contributed by atoms with van der Waals surface area (Å²) in [6, 6.07) is 31.2. The Balaban J connectivity index is 0.000000167. The Kier molecular flexibility index (Phi) is 11.7. The number of hydrogen-bond donors (Lipinski definition) is 4. The van der Waals surface area contributed by atoms with Crippen molar-refractivity contribution < 1.29 is 18.6 Å². The van der Waals surface area contributed by atoms with Crippen LogP contribution in [-0.4, -0.2) is 0 Å². The third kappa shape index (κ3) is 7.72. The maximum atomic E-state index is 4.94. The molecule has 0 aromatic heterocycles. The molecule has 0 spiro atoms. The van der Waals surface area contributed by atoms with Crippen molar-refractivity contribution in [2.75, 3.05) is 10.6 Å². The van der Waals surface area contributed by atoms with E-state index in [1.54, 1.807) is 0 Å². The molecule has 2 aliphatic carbocycles. The van der Waals surface area contributed by atoms with Gasteiger partial charge in [-0.25, -0.2) is 0 Å². The van der Waals surface area contributed by atoms with Gasteiger partial charge in [-0.1, -0.05) is 85.7 Å². The van der Waals surface area contributed by atoms with Gasteiger partial charge in [-0.3, -0.25) is 0 Å². The smallest absolute Gasteiger partial charge is 0.0702 e. The standard InChI is InChI=1S/C19H22N2O2S.C19H20N2O2S.CH4/c2*1-12-5-7-13(8-6-12)19-16-4-2-3-15(16)17-11-14(24-23-22-20)9-10-18(17)21-19;/h5-11,15-16,19,21H,2-4,20H2,1H3;2-3,5-11,15-16,19,21H,4,20H2,1H3;1H4/t2*15-,16+,19+;/m11./s1. The molecule has 4 aliphatic rings. The summed E-state index contributed by atoms with van der Waals surface area (Å²) < 4.78 is 9.58.